The average molecular weight is 467 g/mol. The number of H-pyrrole nitrogens is 1. The Kier molecular flexibility index (Phi) is 6.32. The molecule has 0 radical (unpaired) electrons. The summed E-state index contributed by atoms with van der Waals surface area (Å²) < 4.78 is 18.8. The molecular weight excluding hydrogens is 447 g/mol. The number of amides is 1. The number of tetrazole rings is 1. The quantitative estimate of drug-likeness (QED) is 0.417. The Morgan fingerprint density at radius 3 is 2.55 bits per heavy atom. The van der Waals surface area contributed by atoms with Crippen molar-refractivity contribution in [3.8, 4) is 11.6 Å². The smallest absolute Gasteiger partial charge is 0.257 e. The van der Waals surface area contributed by atoms with Gasteiger partial charge in [-0.2, -0.15) is 5.21 Å². The predicted octanol–water partition coefficient (Wildman–Crippen LogP) is 4.44. The Morgan fingerprint density at radius 1 is 1.15 bits per heavy atom. The molecular formula is C23H20ClFN6O2. The Morgan fingerprint density at radius 2 is 1.88 bits per heavy atom. The Hall–Kier alpha value is -3.85. The van der Waals surface area contributed by atoms with Gasteiger partial charge >= 0.3 is 0 Å². The van der Waals surface area contributed by atoms with E-state index in [0.717, 1.165) is 11.1 Å². The van der Waals surface area contributed by atoms with Gasteiger partial charge in [0.2, 0.25) is 5.88 Å². The number of nitrogens with zero attached hydrogens (tertiary/aromatic N) is 4. The van der Waals surface area contributed by atoms with Gasteiger partial charge in [-0.25, -0.2) is 9.37 Å². The van der Waals surface area contributed by atoms with Crippen molar-refractivity contribution in [2.45, 2.75) is 25.8 Å². The van der Waals surface area contributed by atoms with E-state index in [2.05, 4.69) is 30.9 Å². The molecule has 4 rings (SSSR count). The maximum Gasteiger partial charge on any atom is 0.257 e. The summed E-state index contributed by atoms with van der Waals surface area (Å²) in [6, 6.07) is 14.6. The summed E-state index contributed by atoms with van der Waals surface area (Å²) in [5.74, 6) is 0.209. The molecule has 33 heavy (non-hydrogen) atoms. The maximum absolute atomic E-state index is 13.1. The molecule has 0 aliphatic heterocycles. The molecule has 2 heterocycles. The van der Waals surface area contributed by atoms with Crippen molar-refractivity contribution < 1.29 is 13.9 Å². The molecule has 0 unspecified atom stereocenters. The number of ether oxygens (including phenoxy) is 1. The summed E-state index contributed by atoms with van der Waals surface area (Å²) >= 11 is 6.04. The fourth-order valence-electron chi connectivity index (χ4n) is 3.16. The molecule has 0 saturated carbocycles. The highest BCUT2D eigenvalue weighted by atomic mass is 35.5. The molecule has 0 atom stereocenters. The molecule has 2 aromatic carbocycles. The first-order chi connectivity index (χ1) is 15.8. The summed E-state index contributed by atoms with van der Waals surface area (Å²) in [6.45, 7) is 4.29. The van der Waals surface area contributed by atoms with Gasteiger partial charge in [0.1, 0.15) is 17.1 Å². The van der Waals surface area contributed by atoms with E-state index >= 15 is 0 Å². The first kappa shape index (κ1) is 22.3. The van der Waals surface area contributed by atoms with Crippen molar-refractivity contribution in [3.63, 3.8) is 0 Å². The third-order valence-electron chi connectivity index (χ3n) is 5.12. The van der Waals surface area contributed by atoms with Gasteiger partial charge in [0.15, 0.2) is 5.82 Å². The molecule has 0 aliphatic rings. The van der Waals surface area contributed by atoms with Crippen LogP contribution in [0.15, 0.2) is 60.8 Å². The molecule has 2 aromatic heterocycles. The number of halogens is 2. The fourth-order valence-corrected chi connectivity index (χ4v) is 3.32. The molecule has 8 nitrogen and oxygen atoms in total. The lowest BCUT2D eigenvalue weighted by atomic mass is 9.83. The van der Waals surface area contributed by atoms with Crippen molar-refractivity contribution in [3.05, 3.63) is 94.1 Å². The minimum atomic E-state index is -0.423. The summed E-state index contributed by atoms with van der Waals surface area (Å²) in [5, 5.41) is 17.4. The highest BCUT2D eigenvalue weighted by molar-refractivity contribution is 6.30. The zero-order valence-electron chi connectivity index (χ0n) is 17.8. The van der Waals surface area contributed by atoms with E-state index in [9.17, 15) is 9.18 Å². The molecule has 0 fully saturated rings. The Labute approximate surface area is 194 Å². The van der Waals surface area contributed by atoms with Gasteiger partial charge in [0, 0.05) is 12.7 Å². The van der Waals surface area contributed by atoms with Gasteiger partial charge in [-0.15, -0.1) is 10.2 Å². The van der Waals surface area contributed by atoms with E-state index in [1.54, 1.807) is 0 Å². The van der Waals surface area contributed by atoms with Crippen LogP contribution < -0.4 is 10.1 Å². The predicted molar refractivity (Wildman–Crippen MR) is 120 cm³/mol. The number of nitrogens with one attached hydrogen (secondary N) is 2. The minimum Gasteiger partial charge on any atom is -0.438 e. The number of rotatable bonds is 7. The molecule has 10 heteroatoms. The van der Waals surface area contributed by atoms with E-state index in [1.165, 1.54) is 36.5 Å². The van der Waals surface area contributed by atoms with Crippen LogP contribution in [0, 0.1) is 5.82 Å². The van der Waals surface area contributed by atoms with E-state index in [4.69, 9.17) is 16.3 Å². The molecule has 0 bridgehead atoms. The van der Waals surface area contributed by atoms with Gasteiger partial charge in [0.05, 0.1) is 10.4 Å². The number of pyridine rings is 1. The Balaban J connectivity index is 1.45. The number of hydrogen-bond acceptors (Lipinski definition) is 6. The molecule has 2 N–H and O–H groups in total. The first-order valence-corrected chi connectivity index (χ1v) is 10.4. The van der Waals surface area contributed by atoms with E-state index in [-0.39, 0.29) is 18.0 Å². The number of carbonyl (C=O) groups excluding carboxylic acids is 1. The molecule has 0 saturated heterocycles. The second kappa shape index (κ2) is 9.33. The fraction of sp³-hybridized carbons (Fsp3) is 0.174. The zero-order chi connectivity index (χ0) is 23.4. The van der Waals surface area contributed by atoms with Crippen LogP contribution in [-0.4, -0.2) is 31.5 Å². The number of carbonyl (C=O) groups is 1. The van der Waals surface area contributed by atoms with Crippen LogP contribution in [0.2, 0.25) is 5.02 Å². The highest BCUT2D eigenvalue weighted by Gasteiger charge is 2.27. The van der Waals surface area contributed by atoms with Crippen LogP contribution in [0.1, 0.15) is 41.2 Å². The van der Waals surface area contributed by atoms with E-state index in [1.807, 2.05) is 38.1 Å². The topological polar surface area (TPSA) is 106 Å². The lowest BCUT2D eigenvalue weighted by molar-refractivity contribution is 0.0948. The summed E-state index contributed by atoms with van der Waals surface area (Å²) in [6.07, 6.45) is 1.38. The molecule has 4 aromatic rings. The van der Waals surface area contributed by atoms with E-state index < -0.39 is 17.1 Å². The summed E-state index contributed by atoms with van der Waals surface area (Å²) in [7, 11) is 0. The van der Waals surface area contributed by atoms with Crippen molar-refractivity contribution >= 4 is 17.5 Å². The molecule has 168 valence electrons. The van der Waals surface area contributed by atoms with Crippen molar-refractivity contribution in [1.82, 2.24) is 30.9 Å². The average Bonchev–Trinajstić information content (AvgIpc) is 3.36. The number of aromatic amines is 1. The van der Waals surface area contributed by atoms with Crippen LogP contribution in [0.25, 0.3) is 0 Å². The van der Waals surface area contributed by atoms with Crippen LogP contribution in [0.5, 0.6) is 11.6 Å². The van der Waals surface area contributed by atoms with Crippen LogP contribution in [0.3, 0.4) is 0 Å². The van der Waals surface area contributed by atoms with Crippen molar-refractivity contribution in [2.24, 2.45) is 0 Å². The molecule has 0 spiro atoms. The summed E-state index contributed by atoms with van der Waals surface area (Å²) in [4.78, 5) is 16.9. The second-order valence-corrected chi connectivity index (χ2v) is 8.24. The normalized spacial score (nSPS) is 11.3. The second-order valence-electron chi connectivity index (χ2n) is 7.80. The number of hydrogen-bond donors (Lipinski definition) is 2. The van der Waals surface area contributed by atoms with Crippen molar-refractivity contribution in [2.75, 3.05) is 0 Å². The van der Waals surface area contributed by atoms with Gasteiger partial charge in [-0.1, -0.05) is 41.1 Å². The third-order valence-corrected chi connectivity index (χ3v) is 5.33. The largest absolute Gasteiger partial charge is 0.438 e. The van der Waals surface area contributed by atoms with E-state index in [0.29, 0.717) is 16.6 Å². The summed E-state index contributed by atoms with van der Waals surface area (Å²) in [5.41, 5.74) is 1.65. The van der Waals surface area contributed by atoms with Crippen LogP contribution in [-0.2, 0) is 12.0 Å². The van der Waals surface area contributed by atoms with Gasteiger partial charge in [0.25, 0.3) is 5.91 Å². The number of aromatic nitrogens is 5. The van der Waals surface area contributed by atoms with Gasteiger partial charge in [-0.05, 0) is 55.3 Å². The standard InChI is InChI=1S/C23H20ClFN6O2/c1-23(2,22-28-30-31-29-22)15-5-3-14(4-6-15)12-26-20(32)19-11-16(24)13-27-21(19)33-18-9-7-17(25)8-10-18/h3-11,13H,12H2,1-2H3,(H,26,32)(H,28,29,30,31). The third kappa shape index (κ3) is 5.15. The highest BCUT2D eigenvalue weighted by Crippen LogP contribution is 2.29. The Bertz CT molecular complexity index is 1250. The van der Waals surface area contributed by atoms with Crippen LogP contribution in [0.4, 0.5) is 4.39 Å². The van der Waals surface area contributed by atoms with Gasteiger partial charge in [-0.3, -0.25) is 4.79 Å². The zero-order valence-corrected chi connectivity index (χ0v) is 18.6. The van der Waals surface area contributed by atoms with Crippen molar-refractivity contribution in [1.29, 1.82) is 0 Å². The van der Waals surface area contributed by atoms with Crippen LogP contribution >= 0.6 is 11.6 Å². The minimum absolute atomic E-state index is 0.0701. The number of benzene rings is 2. The monoisotopic (exact) mass is 466 g/mol. The molecule has 1 amide bonds. The van der Waals surface area contributed by atoms with Gasteiger partial charge < -0.3 is 10.1 Å². The first-order valence-electron chi connectivity index (χ1n) is 10.0. The SMILES string of the molecule is CC(C)(c1ccc(CNC(=O)c2cc(Cl)cnc2Oc2ccc(F)cc2)cc1)c1nn[nH]n1. The molecule has 0 aliphatic carbocycles. The maximum atomic E-state index is 13.1. The lowest BCUT2D eigenvalue weighted by Crippen LogP contribution is -2.24. The lowest BCUT2D eigenvalue weighted by Gasteiger charge is -2.21.